The normalized spacial score (nSPS) is 21.0. The van der Waals surface area contributed by atoms with Crippen molar-refractivity contribution in [2.24, 2.45) is 5.92 Å². The van der Waals surface area contributed by atoms with Crippen molar-refractivity contribution in [1.82, 2.24) is 5.32 Å². The quantitative estimate of drug-likeness (QED) is 0.831. The molecule has 1 aliphatic heterocycles. The summed E-state index contributed by atoms with van der Waals surface area (Å²) < 4.78 is 37.7. The second-order valence-corrected chi connectivity index (χ2v) is 5.87. The highest BCUT2D eigenvalue weighted by molar-refractivity contribution is 9.10. The minimum atomic E-state index is -4.42. The Morgan fingerprint density at radius 1 is 1.50 bits per heavy atom. The van der Waals surface area contributed by atoms with Crippen molar-refractivity contribution >= 4 is 33.0 Å². The number of carbonyl (C=O) groups is 1. The molecule has 1 N–H and O–H groups in total. The summed E-state index contributed by atoms with van der Waals surface area (Å²) in [6.07, 6.45) is -2.80. The van der Waals surface area contributed by atoms with E-state index in [-0.39, 0.29) is 21.1 Å². The van der Waals surface area contributed by atoms with Crippen LogP contribution in [0.5, 0.6) is 0 Å². The van der Waals surface area contributed by atoms with E-state index in [1.54, 1.807) is 0 Å². The van der Waals surface area contributed by atoms with Crippen molar-refractivity contribution in [3.05, 3.63) is 20.3 Å². The SMILES string of the molecule is O=C(c1scc(C(F)(F)F)c1Br)C1CCCNC1. The van der Waals surface area contributed by atoms with Gasteiger partial charge in [-0.2, -0.15) is 13.2 Å². The molecule has 18 heavy (non-hydrogen) atoms. The molecule has 1 aromatic rings. The molecule has 0 radical (unpaired) electrons. The lowest BCUT2D eigenvalue weighted by Gasteiger charge is -2.21. The summed E-state index contributed by atoms with van der Waals surface area (Å²) in [6.45, 7) is 1.41. The molecule has 7 heteroatoms. The average Bonchev–Trinajstić information content (AvgIpc) is 2.71. The van der Waals surface area contributed by atoms with Crippen LogP contribution in [0.4, 0.5) is 13.2 Å². The molecule has 0 saturated carbocycles. The van der Waals surface area contributed by atoms with Crippen molar-refractivity contribution in [3.8, 4) is 0 Å². The Kier molecular flexibility index (Phi) is 4.13. The van der Waals surface area contributed by atoms with Crippen LogP contribution < -0.4 is 5.32 Å². The third-order valence-corrected chi connectivity index (χ3v) is 5.01. The van der Waals surface area contributed by atoms with Crippen LogP contribution in [0.1, 0.15) is 28.1 Å². The number of halogens is 4. The summed E-state index contributed by atoms with van der Waals surface area (Å²) in [7, 11) is 0. The van der Waals surface area contributed by atoms with Gasteiger partial charge in [-0.3, -0.25) is 4.79 Å². The van der Waals surface area contributed by atoms with Gasteiger partial charge in [0.15, 0.2) is 5.78 Å². The van der Waals surface area contributed by atoms with Crippen LogP contribution in [0.3, 0.4) is 0 Å². The molecule has 0 aromatic carbocycles. The minimum Gasteiger partial charge on any atom is -0.316 e. The van der Waals surface area contributed by atoms with Gasteiger partial charge in [-0.05, 0) is 35.3 Å². The van der Waals surface area contributed by atoms with Crippen LogP contribution in [-0.2, 0) is 6.18 Å². The maximum atomic E-state index is 12.6. The van der Waals surface area contributed by atoms with E-state index in [0.717, 1.165) is 36.1 Å². The van der Waals surface area contributed by atoms with Gasteiger partial charge in [-0.1, -0.05) is 0 Å². The molecule has 2 rings (SSSR count). The zero-order valence-electron chi connectivity index (χ0n) is 9.31. The Morgan fingerprint density at radius 3 is 2.72 bits per heavy atom. The van der Waals surface area contributed by atoms with Crippen LogP contribution in [0.25, 0.3) is 0 Å². The summed E-state index contributed by atoms with van der Waals surface area (Å²) in [4.78, 5) is 12.3. The molecular weight excluding hydrogens is 331 g/mol. The number of hydrogen-bond acceptors (Lipinski definition) is 3. The van der Waals surface area contributed by atoms with E-state index >= 15 is 0 Å². The van der Waals surface area contributed by atoms with E-state index < -0.39 is 11.7 Å². The molecule has 1 fully saturated rings. The van der Waals surface area contributed by atoms with E-state index in [0.29, 0.717) is 6.54 Å². The predicted octanol–water partition coefficient (Wildman–Crippen LogP) is 3.71. The summed E-state index contributed by atoms with van der Waals surface area (Å²) in [6, 6.07) is 0. The number of alkyl halides is 3. The lowest BCUT2D eigenvalue weighted by Crippen LogP contribution is -2.34. The predicted molar refractivity (Wildman–Crippen MR) is 66.9 cm³/mol. The molecule has 1 aromatic heterocycles. The molecule has 1 saturated heterocycles. The summed E-state index contributed by atoms with van der Waals surface area (Å²) in [5, 5.41) is 4.08. The monoisotopic (exact) mass is 341 g/mol. The molecule has 2 heterocycles. The van der Waals surface area contributed by atoms with Gasteiger partial charge in [0.1, 0.15) is 0 Å². The standard InChI is InChI=1S/C11H11BrF3NOS/c12-8-7(11(13,14)15)5-18-10(8)9(17)6-2-1-3-16-4-6/h5-6,16H,1-4H2. The molecule has 0 amide bonds. The third-order valence-electron chi connectivity index (χ3n) is 2.93. The number of hydrogen-bond donors (Lipinski definition) is 1. The second kappa shape index (κ2) is 5.30. The van der Waals surface area contributed by atoms with Crippen LogP contribution in [0, 0.1) is 5.92 Å². The molecule has 100 valence electrons. The number of rotatable bonds is 2. The number of nitrogens with one attached hydrogen (secondary N) is 1. The maximum absolute atomic E-state index is 12.6. The van der Waals surface area contributed by atoms with E-state index in [2.05, 4.69) is 21.2 Å². The highest BCUT2D eigenvalue weighted by atomic mass is 79.9. The number of carbonyl (C=O) groups excluding carboxylic acids is 1. The number of Topliss-reactive ketones (excluding diaryl/α,β-unsaturated/α-hetero) is 1. The van der Waals surface area contributed by atoms with Gasteiger partial charge >= 0.3 is 6.18 Å². The highest BCUT2D eigenvalue weighted by Gasteiger charge is 2.37. The second-order valence-electron chi connectivity index (χ2n) is 4.20. The Labute approximate surface area is 115 Å². The van der Waals surface area contributed by atoms with Gasteiger partial charge < -0.3 is 5.32 Å². The summed E-state index contributed by atoms with van der Waals surface area (Å²) in [5.41, 5.74) is -0.764. The molecule has 0 spiro atoms. The van der Waals surface area contributed by atoms with Crippen molar-refractivity contribution in [1.29, 1.82) is 0 Å². The largest absolute Gasteiger partial charge is 0.418 e. The fraction of sp³-hybridized carbons (Fsp3) is 0.545. The molecule has 1 aliphatic rings. The zero-order valence-corrected chi connectivity index (χ0v) is 11.7. The number of ketones is 1. The molecule has 1 unspecified atom stereocenters. The highest BCUT2D eigenvalue weighted by Crippen LogP contribution is 2.41. The van der Waals surface area contributed by atoms with Gasteiger partial charge in [0.2, 0.25) is 0 Å². The van der Waals surface area contributed by atoms with Gasteiger partial charge in [-0.15, -0.1) is 11.3 Å². The lowest BCUT2D eigenvalue weighted by molar-refractivity contribution is -0.137. The lowest BCUT2D eigenvalue weighted by atomic mass is 9.94. The zero-order chi connectivity index (χ0) is 13.3. The first-order valence-corrected chi connectivity index (χ1v) is 7.17. The van der Waals surface area contributed by atoms with E-state index in [1.807, 2.05) is 0 Å². The topological polar surface area (TPSA) is 29.1 Å². The van der Waals surface area contributed by atoms with Crippen molar-refractivity contribution in [2.75, 3.05) is 13.1 Å². The van der Waals surface area contributed by atoms with Crippen LogP contribution in [0.2, 0.25) is 0 Å². The van der Waals surface area contributed by atoms with Gasteiger partial charge in [0, 0.05) is 17.8 Å². The van der Waals surface area contributed by atoms with Gasteiger partial charge in [-0.25, -0.2) is 0 Å². The summed E-state index contributed by atoms with van der Waals surface area (Å²) in [5.74, 6) is -0.413. The first kappa shape index (κ1) is 14.0. The van der Waals surface area contributed by atoms with Gasteiger partial charge in [0.25, 0.3) is 0 Å². The van der Waals surface area contributed by atoms with Gasteiger partial charge in [0.05, 0.1) is 14.9 Å². The maximum Gasteiger partial charge on any atom is 0.418 e. The first-order chi connectivity index (χ1) is 8.41. The number of piperidine rings is 1. The molecule has 0 bridgehead atoms. The van der Waals surface area contributed by atoms with E-state index in [1.165, 1.54) is 0 Å². The Hall–Kier alpha value is -0.400. The van der Waals surface area contributed by atoms with Crippen molar-refractivity contribution in [3.63, 3.8) is 0 Å². The Bertz CT molecular complexity index is 452. The number of thiophene rings is 1. The Morgan fingerprint density at radius 2 is 2.22 bits per heavy atom. The van der Waals surface area contributed by atoms with E-state index in [4.69, 9.17) is 0 Å². The average molecular weight is 342 g/mol. The fourth-order valence-electron chi connectivity index (χ4n) is 1.96. The smallest absolute Gasteiger partial charge is 0.316 e. The third kappa shape index (κ3) is 2.78. The molecule has 1 atom stereocenters. The van der Waals surface area contributed by atoms with Crippen molar-refractivity contribution < 1.29 is 18.0 Å². The van der Waals surface area contributed by atoms with Crippen molar-refractivity contribution in [2.45, 2.75) is 19.0 Å². The minimum absolute atomic E-state index is 0.115. The first-order valence-electron chi connectivity index (χ1n) is 5.50. The van der Waals surface area contributed by atoms with Crippen LogP contribution in [-0.4, -0.2) is 18.9 Å². The fourth-order valence-corrected chi connectivity index (χ4v) is 3.91. The van der Waals surface area contributed by atoms with Crippen LogP contribution in [0.15, 0.2) is 9.85 Å². The molecular formula is C11H11BrF3NOS. The molecule has 0 aliphatic carbocycles. The molecule has 2 nitrogen and oxygen atoms in total. The van der Waals surface area contributed by atoms with Crippen LogP contribution >= 0.6 is 27.3 Å². The summed E-state index contributed by atoms with van der Waals surface area (Å²) >= 11 is 3.76. The Balaban J connectivity index is 2.23. The van der Waals surface area contributed by atoms with E-state index in [9.17, 15) is 18.0 Å².